The Bertz CT molecular complexity index is 1500. The summed E-state index contributed by atoms with van der Waals surface area (Å²) in [5.74, 6) is -0.443. The van der Waals surface area contributed by atoms with Crippen LogP contribution in [0.15, 0.2) is 36.5 Å². The fraction of sp³-hybridized carbons (Fsp3) is 0.238. The summed E-state index contributed by atoms with van der Waals surface area (Å²) in [6.45, 7) is 2.89. The minimum absolute atomic E-state index is 0.00491. The number of aromatic nitrogens is 3. The second-order valence-corrected chi connectivity index (χ2v) is 11.4. The number of rotatable bonds is 7. The van der Waals surface area contributed by atoms with Crippen LogP contribution in [-0.4, -0.2) is 44.3 Å². The maximum Gasteiger partial charge on any atom is 0.280 e. The third-order valence-corrected chi connectivity index (χ3v) is 7.80. The Balaban J connectivity index is 2.28. The zero-order valence-corrected chi connectivity index (χ0v) is 20.5. The first-order valence-electron chi connectivity index (χ1n) is 9.74. The molecule has 0 bridgehead atoms. The van der Waals surface area contributed by atoms with Gasteiger partial charge in [0, 0.05) is 11.8 Å². The molecule has 0 fully saturated rings. The van der Waals surface area contributed by atoms with E-state index in [4.69, 9.17) is 10.00 Å². The van der Waals surface area contributed by atoms with Crippen molar-refractivity contribution in [3.8, 4) is 29.0 Å². The number of nitriles is 1. The number of hydrogen-bond acceptors (Lipinski definition) is 9. The average Bonchev–Trinajstić information content (AvgIpc) is 2.75. The summed E-state index contributed by atoms with van der Waals surface area (Å²) in [7, 11) is -8.72. The number of aryl methyl sites for hydroxylation is 2. The molecular weight excluding hydrogens is 504 g/mol. The number of nitrogens with zero attached hydrogens (tertiary/aromatic N) is 5. The zero-order valence-electron chi connectivity index (χ0n) is 18.9. The highest BCUT2D eigenvalue weighted by Gasteiger charge is 2.32. The molecule has 14 heteroatoms. The van der Waals surface area contributed by atoms with E-state index >= 15 is 0 Å². The third-order valence-electron chi connectivity index (χ3n) is 4.58. The van der Waals surface area contributed by atoms with Gasteiger partial charge in [-0.15, -0.1) is 0 Å². The van der Waals surface area contributed by atoms with Gasteiger partial charge in [-0.05, 0) is 49.7 Å². The van der Waals surface area contributed by atoms with Crippen molar-refractivity contribution in [2.24, 2.45) is 0 Å². The number of pyridine rings is 3. The molecule has 0 aliphatic heterocycles. The first kappa shape index (κ1) is 25.9. The topological polar surface area (TPSA) is 143 Å². The van der Waals surface area contributed by atoms with Gasteiger partial charge in [-0.3, -0.25) is 0 Å². The fourth-order valence-electron chi connectivity index (χ4n) is 3.27. The monoisotopic (exact) mass is 523 g/mol. The number of hydrogen-bond donors (Lipinski definition) is 0. The molecule has 0 aliphatic rings. The SMILES string of the molecule is Cc1cc(C(F)F)nc(C)c1Oc1nc(-c2ccnc(C#N)c2)ccc1N(S(C)(=O)=O)S(C)(=O)=O. The molecule has 0 amide bonds. The maximum atomic E-state index is 13.1. The minimum atomic E-state index is -4.36. The van der Waals surface area contributed by atoms with E-state index in [1.165, 1.54) is 44.3 Å². The maximum absolute atomic E-state index is 13.1. The number of sulfonamides is 2. The van der Waals surface area contributed by atoms with E-state index in [0.29, 0.717) is 18.1 Å². The molecule has 3 heterocycles. The van der Waals surface area contributed by atoms with Crippen LogP contribution < -0.4 is 8.45 Å². The van der Waals surface area contributed by atoms with E-state index in [0.717, 1.165) is 6.07 Å². The van der Waals surface area contributed by atoms with Crippen molar-refractivity contribution < 1.29 is 30.4 Å². The van der Waals surface area contributed by atoms with Crippen molar-refractivity contribution in [2.75, 3.05) is 16.2 Å². The Morgan fingerprint density at radius 2 is 1.69 bits per heavy atom. The smallest absolute Gasteiger partial charge is 0.280 e. The molecule has 184 valence electrons. The van der Waals surface area contributed by atoms with Crippen LogP contribution in [0, 0.1) is 25.2 Å². The number of ether oxygens (including phenoxy) is 1. The van der Waals surface area contributed by atoms with Crippen LogP contribution in [0.25, 0.3) is 11.3 Å². The van der Waals surface area contributed by atoms with Crippen LogP contribution >= 0.6 is 0 Å². The van der Waals surface area contributed by atoms with Gasteiger partial charge in [0.05, 0.1) is 23.9 Å². The van der Waals surface area contributed by atoms with Gasteiger partial charge in [-0.25, -0.2) is 40.6 Å². The van der Waals surface area contributed by atoms with Crippen LogP contribution in [-0.2, 0) is 20.0 Å². The summed E-state index contributed by atoms with van der Waals surface area (Å²) in [5, 5.41) is 9.12. The first-order chi connectivity index (χ1) is 16.2. The zero-order chi connectivity index (χ0) is 26.1. The Hall–Kier alpha value is -3.70. The summed E-state index contributed by atoms with van der Waals surface area (Å²) >= 11 is 0. The number of anilines is 1. The van der Waals surface area contributed by atoms with E-state index < -0.39 is 43.7 Å². The van der Waals surface area contributed by atoms with Crippen molar-refractivity contribution in [3.63, 3.8) is 0 Å². The van der Waals surface area contributed by atoms with Gasteiger partial charge in [0.1, 0.15) is 23.1 Å². The first-order valence-corrected chi connectivity index (χ1v) is 13.4. The molecule has 0 spiro atoms. The molecule has 0 aliphatic carbocycles. The second-order valence-electron chi connectivity index (χ2n) is 7.47. The van der Waals surface area contributed by atoms with E-state index in [1.807, 2.05) is 6.07 Å². The van der Waals surface area contributed by atoms with E-state index in [1.54, 1.807) is 0 Å². The number of alkyl halides is 2. The molecule has 0 N–H and O–H groups in total. The normalized spacial score (nSPS) is 11.8. The molecule has 3 aromatic rings. The summed E-state index contributed by atoms with van der Waals surface area (Å²) in [6, 6.07) is 8.47. The molecule has 0 aromatic carbocycles. The molecule has 0 saturated carbocycles. The van der Waals surface area contributed by atoms with Crippen molar-refractivity contribution in [3.05, 3.63) is 59.2 Å². The van der Waals surface area contributed by atoms with E-state index in [2.05, 4.69) is 15.0 Å². The van der Waals surface area contributed by atoms with Crippen LogP contribution in [0.1, 0.15) is 29.1 Å². The summed E-state index contributed by atoms with van der Waals surface area (Å²) < 4.78 is 81.9. The molecule has 3 rings (SSSR count). The van der Waals surface area contributed by atoms with Crippen LogP contribution in [0.3, 0.4) is 0 Å². The van der Waals surface area contributed by atoms with Crippen molar-refractivity contribution in [1.29, 1.82) is 5.26 Å². The summed E-state index contributed by atoms with van der Waals surface area (Å²) in [5.41, 5.74) is 0.0958. The standard InChI is InChI=1S/C21H19F2N5O5S2/c1-12-9-17(20(22)23)26-13(2)19(12)33-21-18(28(34(3,29)30)35(4,31)32)6-5-16(27-21)14-7-8-25-15(10-14)11-24/h5-10,20H,1-4H3. The predicted octanol–water partition coefficient (Wildman–Crippen LogP) is 3.48. The Morgan fingerprint density at radius 1 is 1.03 bits per heavy atom. The Morgan fingerprint density at radius 3 is 2.23 bits per heavy atom. The van der Waals surface area contributed by atoms with Crippen LogP contribution in [0.5, 0.6) is 11.6 Å². The molecule has 35 heavy (non-hydrogen) atoms. The van der Waals surface area contributed by atoms with Crippen molar-refractivity contribution >= 4 is 25.7 Å². The Kier molecular flexibility index (Phi) is 7.04. The van der Waals surface area contributed by atoms with Gasteiger partial charge in [-0.1, -0.05) is 0 Å². The molecule has 10 nitrogen and oxygen atoms in total. The van der Waals surface area contributed by atoms with Gasteiger partial charge in [-0.2, -0.15) is 8.97 Å². The highest BCUT2D eigenvalue weighted by molar-refractivity contribution is 8.09. The molecular formula is C21H19F2N5O5S2. The van der Waals surface area contributed by atoms with Gasteiger partial charge in [0.2, 0.25) is 25.9 Å². The largest absolute Gasteiger partial charge is 0.435 e. The van der Waals surface area contributed by atoms with Gasteiger partial charge >= 0.3 is 0 Å². The molecule has 0 atom stereocenters. The van der Waals surface area contributed by atoms with Gasteiger partial charge < -0.3 is 4.74 Å². The van der Waals surface area contributed by atoms with Crippen LogP contribution in [0.4, 0.5) is 14.5 Å². The molecule has 0 radical (unpaired) electrons. The van der Waals surface area contributed by atoms with E-state index in [-0.39, 0.29) is 32.1 Å². The lowest BCUT2D eigenvalue weighted by atomic mass is 10.1. The highest BCUT2D eigenvalue weighted by atomic mass is 32.3. The molecule has 0 unspecified atom stereocenters. The lowest BCUT2D eigenvalue weighted by molar-refractivity contribution is 0.145. The van der Waals surface area contributed by atoms with E-state index in [9.17, 15) is 25.6 Å². The average molecular weight is 524 g/mol. The molecule has 0 saturated heterocycles. The quantitative estimate of drug-likeness (QED) is 0.454. The number of halogens is 2. The van der Waals surface area contributed by atoms with Crippen molar-refractivity contribution in [2.45, 2.75) is 20.3 Å². The highest BCUT2D eigenvalue weighted by Crippen LogP contribution is 2.38. The second kappa shape index (κ2) is 9.51. The minimum Gasteiger partial charge on any atom is -0.435 e. The molecule has 3 aromatic heterocycles. The van der Waals surface area contributed by atoms with Crippen LogP contribution in [0.2, 0.25) is 0 Å². The predicted molar refractivity (Wildman–Crippen MR) is 123 cm³/mol. The lowest BCUT2D eigenvalue weighted by Gasteiger charge is -2.23. The summed E-state index contributed by atoms with van der Waals surface area (Å²) in [6.07, 6.45) is -0.0672. The lowest BCUT2D eigenvalue weighted by Crippen LogP contribution is -2.35. The van der Waals surface area contributed by atoms with Gasteiger partial charge in [0.15, 0.2) is 5.75 Å². The summed E-state index contributed by atoms with van der Waals surface area (Å²) in [4.78, 5) is 12.0. The fourth-order valence-corrected chi connectivity index (χ4v) is 6.23. The Labute approximate surface area is 201 Å². The third kappa shape index (κ3) is 5.69. The van der Waals surface area contributed by atoms with Crippen molar-refractivity contribution in [1.82, 2.24) is 15.0 Å². The van der Waals surface area contributed by atoms with Gasteiger partial charge in [0.25, 0.3) is 6.43 Å².